The number of nitrogens with one attached hydrogen (secondary N) is 2. The van der Waals surface area contributed by atoms with Gasteiger partial charge < -0.3 is 20.7 Å². The van der Waals surface area contributed by atoms with Gasteiger partial charge in [-0.05, 0) is 25.7 Å². The van der Waals surface area contributed by atoms with Gasteiger partial charge in [-0.1, -0.05) is 20.3 Å². The van der Waals surface area contributed by atoms with Crippen molar-refractivity contribution >= 4 is 24.3 Å². The average molecular weight is 321 g/mol. The van der Waals surface area contributed by atoms with E-state index in [1.54, 1.807) is 4.90 Å². The molecule has 1 fully saturated rings. The summed E-state index contributed by atoms with van der Waals surface area (Å²) < 4.78 is 5.88. The summed E-state index contributed by atoms with van der Waals surface area (Å²) in [5.41, 5.74) is 5.63. The van der Waals surface area contributed by atoms with Gasteiger partial charge in [0.25, 0.3) is 0 Å². The van der Waals surface area contributed by atoms with E-state index in [4.69, 9.17) is 15.9 Å². The normalized spacial score (nSPS) is 21.5. The zero-order valence-electron chi connectivity index (χ0n) is 13.1. The monoisotopic (exact) mass is 320 g/mol. The molecule has 1 saturated heterocycles. The number of hydrogen-bond donors (Lipinski definition) is 3. The van der Waals surface area contributed by atoms with Gasteiger partial charge in [-0.25, -0.2) is 0 Å². The highest BCUT2D eigenvalue weighted by Gasteiger charge is 2.33. The average Bonchev–Trinajstić information content (AvgIpc) is 2.40. The lowest BCUT2D eigenvalue weighted by molar-refractivity contribution is -0.126. The van der Waals surface area contributed by atoms with E-state index in [0.717, 1.165) is 32.1 Å². The maximum absolute atomic E-state index is 11.8. The van der Waals surface area contributed by atoms with Crippen LogP contribution in [0.25, 0.3) is 0 Å². The predicted octanol–water partition coefficient (Wildman–Crippen LogP) is 1.83. The Morgan fingerprint density at radius 3 is 2.71 bits per heavy atom. The molecule has 1 amide bonds. The van der Waals surface area contributed by atoms with E-state index >= 15 is 0 Å². The van der Waals surface area contributed by atoms with Crippen molar-refractivity contribution in [2.45, 2.75) is 64.6 Å². The smallest absolute Gasteiger partial charge is 0.220 e. The molecule has 1 aliphatic rings. The zero-order chi connectivity index (χ0) is 15.0. The second-order valence-electron chi connectivity index (χ2n) is 5.26. The second-order valence-corrected chi connectivity index (χ2v) is 5.26. The molecule has 21 heavy (non-hydrogen) atoms. The van der Waals surface area contributed by atoms with Crippen LogP contribution in [0.3, 0.4) is 0 Å². The van der Waals surface area contributed by atoms with Gasteiger partial charge in [0, 0.05) is 19.6 Å². The van der Waals surface area contributed by atoms with Gasteiger partial charge in [0.2, 0.25) is 5.91 Å². The number of carbonyl (C=O) groups is 1. The topological polar surface area (TPSA) is 91.4 Å². The number of piperidine rings is 1. The lowest BCUT2D eigenvalue weighted by Gasteiger charge is -2.41. The van der Waals surface area contributed by atoms with E-state index in [9.17, 15) is 4.79 Å². The molecule has 1 rings (SSSR count). The minimum Gasteiger partial charge on any atom is -0.370 e. The first-order valence-electron chi connectivity index (χ1n) is 7.61. The van der Waals surface area contributed by atoms with E-state index in [0.29, 0.717) is 19.6 Å². The molecule has 1 heterocycles. The molecule has 4 N–H and O–H groups in total. The SMILES string of the molecule is CCCCO[C@H]1[C@@H](NC(=O)CCC)CCCN1C(=N)N.Cl. The number of likely N-dealkylation sites (tertiary alicyclic amines) is 1. The lowest BCUT2D eigenvalue weighted by atomic mass is 10.0. The van der Waals surface area contributed by atoms with Crippen molar-refractivity contribution in [3.8, 4) is 0 Å². The largest absolute Gasteiger partial charge is 0.370 e. The van der Waals surface area contributed by atoms with Crippen molar-refractivity contribution in [2.24, 2.45) is 5.73 Å². The number of guanidine groups is 1. The summed E-state index contributed by atoms with van der Waals surface area (Å²) >= 11 is 0. The number of ether oxygens (including phenoxy) is 1. The molecule has 0 spiro atoms. The molecule has 0 aliphatic carbocycles. The van der Waals surface area contributed by atoms with Crippen molar-refractivity contribution in [1.29, 1.82) is 5.41 Å². The Hall–Kier alpha value is -1.01. The Morgan fingerprint density at radius 2 is 2.14 bits per heavy atom. The quantitative estimate of drug-likeness (QED) is 0.379. The Bertz CT molecular complexity index is 328. The summed E-state index contributed by atoms with van der Waals surface area (Å²) in [7, 11) is 0. The maximum Gasteiger partial charge on any atom is 0.220 e. The van der Waals surface area contributed by atoms with Crippen molar-refractivity contribution in [2.75, 3.05) is 13.2 Å². The lowest BCUT2D eigenvalue weighted by Crippen LogP contribution is -2.59. The Balaban J connectivity index is 0.00000400. The fraction of sp³-hybridized carbons (Fsp3) is 0.857. The van der Waals surface area contributed by atoms with Crippen LogP contribution >= 0.6 is 12.4 Å². The van der Waals surface area contributed by atoms with E-state index in [1.165, 1.54) is 0 Å². The van der Waals surface area contributed by atoms with Gasteiger partial charge in [0.1, 0.15) is 0 Å². The Morgan fingerprint density at radius 1 is 1.43 bits per heavy atom. The molecule has 0 unspecified atom stereocenters. The third-order valence-electron chi connectivity index (χ3n) is 3.48. The fourth-order valence-corrected chi connectivity index (χ4v) is 2.43. The minimum absolute atomic E-state index is 0. The number of carbonyl (C=O) groups excluding carboxylic acids is 1. The Kier molecular flexibility index (Phi) is 10.2. The molecule has 0 radical (unpaired) electrons. The second kappa shape index (κ2) is 10.7. The first-order chi connectivity index (χ1) is 9.60. The summed E-state index contributed by atoms with van der Waals surface area (Å²) in [4.78, 5) is 13.5. The van der Waals surface area contributed by atoms with Crippen LogP contribution in [0.2, 0.25) is 0 Å². The van der Waals surface area contributed by atoms with Gasteiger partial charge in [0.15, 0.2) is 12.2 Å². The van der Waals surface area contributed by atoms with Gasteiger partial charge >= 0.3 is 0 Å². The van der Waals surface area contributed by atoms with Crippen molar-refractivity contribution in [1.82, 2.24) is 10.2 Å². The van der Waals surface area contributed by atoms with Crippen LogP contribution in [-0.4, -0.2) is 42.2 Å². The standard InChI is InChI=1S/C14H28N4O2.ClH/c1-3-5-10-20-13-11(17-12(19)7-4-2)8-6-9-18(13)14(15)16;/h11,13H,3-10H2,1-2H3,(H3,15,16)(H,17,19);1H/t11-,13-;/m0./s1. The van der Waals surface area contributed by atoms with Crippen LogP contribution in [0.4, 0.5) is 0 Å². The molecule has 2 atom stereocenters. The number of halogens is 1. The molecule has 0 saturated carbocycles. The molecule has 0 aromatic carbocycles. The molecule has 0 aromatic heterocycles. The predicted molar refractivity (Wildman–Crippen MR) is 86.6 cm³/mol. The van der Waals surface area contributed by atoms with E-state index in [1.807, 2.05) is 6.92 Å². The van der Waals surface area contributed by atoms with Crippen LogP contribution in [0.1, 0.15) is 52.4 Å². The van der Waals surface area contributed by atoms with E-state index in [-0.39, 0.29) is 36.5 Å². The summed E-state index contributed by atoms with van der Waals surface area (Å²) in [6.45, 7) is 5.43. The summed E-state index contributed by atoms with van der Waals surface area (Å²) in [5.74, 6) is 0.0629. The van der Waals surface area contributed by atoms with Gasteiger partial charge in [-0.15, -0.1) is 12.4 Å². The van der Waals surface area contributed by atoms with Crippen LogP contribution in [-0.2, 0) is 9.53 Å². The molecule has 0 aromatic rings. The number of rotatable bonds is 7. The number of amides is 1. The third-order valence-corrected chi connectivity index (χ3v) is 3.48. The van der Waals surface area contributed by atoms with Crippen molar-refractivity contribution in [3.05, 3.63) is 0 Å². The molecule has 7 heteroatoms. The van der Waals surface area contributed by atoms with Gasteiger partial charge in [-0.3, -0.25) is 10.2 Å². The molecule has 6 nitrogen and oxygen atoms in total. The van der Waals surface area contributed by atoms with Crippen molar-refractivity contribution in [3.63, 3.8) is 0 Å². The molecule has 1 aliphatic heterocycles. The summed E-state index contributed by atoms with van der Waals surface area (Å²) in [6, 6.07) is -0.0800. The first-order valence-corrected chi connectivity index (χ1v) is 7.61. The highest BCUT2D eigenvalue weighted by atomic mass is 35.5. The third kappa shape index (κ3) is 6.52. The molecule has 124 valence electrons. The van der Waals surface area contributed by atoms with E-state index in [2.05, 4.69) is 12.2 Å². The van der Waals surface area contributed by atoms with Crippen LogP contribution in [0.15, 0.2) is 0 Å². The number of unbranched alkanes of at least 4 members (excludes halogenated alkanes) is 1. The summed E-state index contributed by atoms with van der Waals surface area (Å²) in [6.07, 6.45) is 4.85. The molecule has 0 bridgehead atoms. The highest BCUT2D eigenvalue weighted by molar-refractivity contribution is 5.85. The molecular weight excluding hydrogens is 292 g/mol. The highest BCUT2D eigenvalue weighted by Crippen LogP contribution is 2.19. The summed E-state index contributed by atoms with van der Waals surface area (Å²) in [5, 5.41) is 10.7. The number of nitrogens with two attached hydrogens (primary N) is 1. The fourth-order valence-electron chi connectivity index (χ4n) is 2.43. The van der Waals surface area contributed by atoms with Crippen LogP contribution in [0, 0.1) is 5.41 Å². The number of nitrogens with zero attached hydrogens (tertiary/aromatic N) is 1. The van der Waals surface area contributed by atoms with Crippen molar-refractivity contribution < 1.29 is 9.53 Å². The van der Waals surface area contributed by atoms with Gasteiger partial charge in [0.05, 0.1) is 6.04 Å². The zero-order valence-corrected chi connectivity index (χ0v) is 13.9. The molecular formula is C14H29ClN4O2. The maximum atomic E-state index is 11.8. The Labute approximate surface area is 133 Å². The van der Waals surface area contributed by atoms with Gasteiger partial charge in [-0.2, -0.15) is 0 Å². The van der Waals surface area contributed by atoms with Crippen LogP contribution in [0.5, 0.6) is 0 Å². The number of hydrogen-bond acceptors (Lipinski definition) is 3. The van der Waals surface area contributed by atoms with Crippen LogP contribution < -0.4 is 11.1 Å². The first kappa shape index (κ1) is 20.0. The van der Waals surface area contributed by atoms with E-state index < -0.39 is 0 Å². The minimum atomic E-state index is -0.311.